The Morgan fingerprint density at radius 2 is 1.26 bits per heavy atom. The van der Waals surface area contributed by atoms with Gasteiger partial charge in [-0.25, -0.2) is 4.57 Å². The molecule has 252 valence electrons. The summed E-state index contributed by atoms with van der Waals surface area (Å²) >= 11 is 0. The lowest BCUT2D eigenvalue weighted by molar-refractivity contribution is -0.147. The molecule has 10 heteroatoms. The predicted octanol–water partition coefficient (Wildman–Crippen LogP) is 8.09. The summed E-state index contributed by atoms with van der Waals surface area (Å²) in [6.07, 6.45) is 28.3. The number of aliphatic hydroxyl groups excluding tert-OH is 1. The molecule has 0 aliphatic carbocycles. The number of aliphatic hydroxyl groups is 1. The quantitative estimate of drug-likeness (QED) is 0.0303. The lowest BCUT2D eigenvalue weighted by Crippen LogP contribution is -2.27. The molecule has 1 amide bonds. The monoisotopic (exact) mass is 631 g/mol. The van der Waals surface area contributed by atoms with Gasteiger partial charge in [0.15, 0.2) is 0 Å². The molecule has 2 atom stereocenters. The van der Waals surface area contributed by atoms with E-state index in [1.54, 1.807) is 0 Å². The average Bonchev–Trinajstić information content (AvgIpc) is 2.98. The van der Waals surface area contributed by atoms with Crippen molar-refractivity contribution < 1.29 is 37.9 Å². The first kappa shape index (κ1) is 41.5. The molecule has 0 bridgehead atoms. The highest BCUT2D eigenvalue weighted by atomic mass is 31.2. The van der Waals surface area contributed by atoms with E-state index >= 15 is 0 Å². The van der Waals surface area contributed by atoms with Crippen molar-refractivity contribution in [1.29, 1.82) is 0 Å². The van der Waals surface area contributed by atoms with Gasteiger partial charge < -0.3 is 20.1 Å². The number of esters is 1. The number of phosphoric acid groups is 1. The topological polar surface area (TPSA) is 131 Å². The first-order valence-corrected chi connectivity index (χ1v) is 18.3. The van der Waals surface area contributed by atoms with Crippen LogP contribution in [0.15, 0.2) is 24.3 Å². The van der Waals surface area contributed by atoms with Crippen LogP contribution in [0.5, 0.6) is 0 Å². The molecule has 0 aromatic rings. The fourth-order valence-electron chi connectivity index (χ4n) is 4.29. The van der Waals surface area contributed by atoms with Gasteiger partial charge in [-0.1, -0.05) is 109 Å². The van der Waals surface area contributed by atoms with Crippen LogP contribution in [0.1, 0.15) is 142 Å². The highest BCUT2D eigenvalue weighted by Gasteiger charge is 2.23. The van der Waals surface area contributed by atoms with Gasteiger partial charge >= 0.3 is 13.8 Å². The molecule has 0 aromatic heterocycles. The van der Waals surface area contributed by atoms with Crippen LogP contribution in [0.4, 0.5) is 0 Å². The normalized spacial score (nSPS) is 13.9. The second-order valence-electron chi connectivity index (χ2n) is 11.1. The van der Waals surface area contributed by atoms with Crippen LogP contribution < -0.4 is 5.32 Å². The van der Waals surface area contributed by atoms with Crippen LogP contribution in [-0.2, 0) is 27.9 Å². The second-order valence-corrected chi connectivity index (χ2v) is 12.6. The zero-order chi connectivity index (χ0) is 31.9. The van der Waals surface area contributed by atoms with Crippen LogP contribution in [0.2, 0.25) is 0 Å². The smallest absolute Gasteiger partial charge is 0.463 e. The summed E-state index contributed by atoms with van der Waals surface area (Å²) in [4.78, 5) is 33.5. The molecular formula is C33H62NO8P. The Hall–Kier alpha value is -1.51. The van der Waals surface area contributed by atoms with Gasteiger partial charge in [0.25, 0.3) is 0 Å². The van der Waals surface area contributed by atoms with Gasteiger partial charge in [0, 0.05) is 19.4 Å². The summed E-state index contributed by atoms with van der Waals surface area (Å²) in [5.41, 5.74) is 0. The zero-order valence-electron chi connectivity index (χ0n) is 27.1. The molecule has 0 aliphatic heterocycles. The first-order valence-electron chi connectivity index (χ1n) is 16.8. The molecule has 0 saturated carbocycles. The van der Waals surface area contributed by atoms with E-state index in [0.29, 0.717) is 6.42 Å². The molecular weight excluding hydrogens is 569 g/mol. The SMILES string of the molecule is CCCCC/C=C\C/C=C\CCCCCCCC(=O)OCC(O)COP(=O)(O)OCCNC(=O)CCCCCCCCC. The fraction of sp³-hybridized carbons (Fsp3) is 0.818. The molecule has 0 rings (SSSR count). The summed E-state index contributed by atoms with van der Waals surface area (Å²) in [7, 11) is -4.40. The number of hydrogen-bond donors (Lipinski definition) is 3. The Bertz CT molecular complexity index is 774. The summed E-state index contributed by atoms with van der Waals surface area (Å²) in [6, 6.07) is 0. The minimum absolute atomic E-state index is 0.0809. The molecule has 43 heavy (non-hydrogen) atoms. The minimum atomic E-state index is -4.40. The Morgan fingerprint density at radius 1 is 0.721 bits per heavy atom. The van der Waals surface area contributed by atoms with E-state index in [0.717, 1.165) is 64.2 Å². The summed E-state index contributed by atoms with van der Waals surface area (Å²) in [5, 5.41) is 12.6. The van der Waals surface area contributed by atoms with Gasteiger partial charge in [-0.2, -0.15) is 0 Å². The van der Waals surface area contributed by atoms with Crippen LogP contribution in [-0.4, -0.2) is 54.3 Å². The third-order valence-electron chi connectivity index (χ3n) is 6.88. The average molecular weight is 632 g/mol. The lowest BCUT2D eigenvalue weighted by atomic mass is 10.1. The number of carbonyl (C=O) groups excluding carboxylic acids is 2. The minimum Gasteiger partial charge on any atom is -0.463 e. The number of hydrogen-bond acceptors (Lipinski definition) is 7. The van der Waals surface area contributed by atoms with Crippen LogP contribution in [0, 0.1) is 0 Å². The number of nitrogens with one attached hydrogen (secondary N) is 1. The number of allylic oxidation sites excluding steroid dienone is 4. The Balaban J connectivity index is 3.67. The third kappa shape index (κ3) is 31.7. The van der Waals surface area contributed by atoms with Gasteiger partial charge in [0.2, 0.25) is 5.91 Å². The van der Waals surface area contributed by atoms with E-state index in [-0.39, 0.29) is 32.1 Å². The lowest BCUT2D eigenvalue weighted by Gasteiger charge is -2.15. The van der Waals surface area contributed by atoms with Gasteiger partial charge in [-0.05, 0) is 44.9 Å². The summed E-state index contributed by atoms with van der Waals surface area (Å²) < 4.78 is 26.6. The second kappa shape index (κ2) is 30.5. The Morgan fingerprint density at radius 3 is 1.91 bits per heavy atom. The van der Waals surface area contributed by atoms with E-state index in [2.05, 4.69) is 43.5 Å². The molecule has 0 aromatic carbocycles. The largest absolute Gasteiger partial charge is 0.472 e. The van der Waals surface area contributed by atoms with E-state index in [4.69, 9.17) is 13.8 Å². The number of ether oxygens (including phenoxy) is 1. The zero-order valence-corrected chi connectivity index (χ0v) is 28.0. The van der Waals surface area contributed by atoms with Crippen molar-refractivity contribution in [1.82, 2.24) is 5.32 Å². The van der Waals surface area contributed by atoms with E-state index < -0.39 is 26.5 Å². The van der Waals surface area contributed by atoms with E-state index in [9.17, 15) is 24.2 Å². The number of amides is 1. The molecule has 9 nitrogen and oxygen atoms in total. The van der Waals surface area contributed by atoms with Crippen molar-refractivity contribution in [2.45, 2.75) is 148 Å². The van der Waals surface area contributed by atoms with E-state index in [1.807, 2.05) is 0 Å². The Labute approximate surface area is 261 Å². The van der Waals surface area contributed by atoms with Crippen molar-refractivity contribution >= 4 is 19.7 Å². The van der Waals surface area contributed by atoms with Crippen molar-refractivity contribution in [2.24, 2.45) is 0 Å². The fourth-order valence-corrected chi connectivity index (χ4v) is 5.05. The highest BCUT2D eigenvalue weighted by Crippen LogP contribution is 2.42. The molecule has 0 fully saturated rings. The van der Waals surface area contributed by atoms with Gasteiger partial charge in [0.1, 0.15) is 12.7 Å². The number of unbranched alkanes of at least 4 members (excludes halogenated alkanes) is 14. The van der Waals surface area contributed by atoms with Crippen molar-refractivity contribution in [3.63, 3.8) is 0 Å². The van der Waals surface area contributed by atoms with Crippen molar-refractivity contribution in [3.8, 4) is 0 Å². The molecule has 0 radical (unpaired) electrons. The maximum Gasteiger partial charge on any atom is 0.472 e. The summed E-state index contributed by atoms with van der Waals surface area (Å²) in [6.45, 7) is 3.44. The summed E-state index contributed by atoms with van der Waals surface area (Å²) in [5.74, 6) is -0.539. The standard InChI is InChI=1S/C33H62NO8P/c1-3-5-7-9-11-12-13-14-15-16-17-18-20-22-24-26-33(37)40-29-31(35)30-42-43(38,39)41-28-27-34-32(36)25-23-21-19-10-8-6-4-2/h11-12,14-15,31,35H,3-10,13,16-30H2,1-2H3,(H,34,36)(H,38,39)/b12-11-,15-14-. The predicted molar refractivity (Wildman–Crippen MR) is 174 cm³/mol. The van der Waals surface area contributed by atoms with Crippen molar-refractivity contribution in [2.75, 3.05) is 26.4 Å². The maximum absolute atomic E-state index is 12.0. The number of carbonyl (C=O) groups is 2. The molecule has 0 spiro atoms. The molecule has 0 aliphatic rings. The number of rotatable bonds is 31. The molecule has 0 saturated heterocycles. The van der Waals surface area contributed by atoms with E-state index in [1.165, 1.54) is 51.4 Å². The first-order chi connectivity index (χ1) is 20.8. The Kier molecular flexibility index (Phi) is 29.4. The van der Waals surface area contributed by atoms with Crippen LogP contribution in [0.3, 0.4) is 0 Å². The molecule has 2 unspecified atom stereocenters. The molecule has 3 N–H and O–H groups in total. The molecule has 0 heterocycles. The maximum atomic E-state index is 12.0. The third-order valence-corrected chi connectivity index (χ3v) is 7.87. The van der Waals surface area contributed by atoms with Gasteiger partial charge in [-0.3, -0.25) is 18.6 Å². The highest BCUT2D eigenvalue weighted by molar-refractivity contribution is 7.47. The van der Waals surface area contributed by atoms with Crippen molar-refractivity contribution in [3.05, 3.63) is 24.3 Å². The van der Waals surface area contributed by atoms with Gasteiger partial charge in [0.05, 0.1) is 13.2 Å². The van der Waals surface area contributed by atoms with Gasteiger partial charge in [-0.15, -0.1) is 0 Å². The van der Waals surface area contributed by atoms with Crippen LogP contribution >= 0.6 is 7.82 Å². The number of phosphoric ester groups is 1. The van der Waals surface area contributed by atoms with Crippen LogP contribution in [0.25, 0.3) is 0 Å².